The van der Waals surface area contributed by atoms with Crippen LogP contribution in [0.5, 0.6) is 11.5 Å². The summed E-state index contributed by atoms with van der Waals surface area (Å²) in [7, 11) is 3.26. The van der Waals surface area contributed by atoms with Gasteiger partial charge < -0.3 is 14.8 Å². The molecule has 1 aromatic carbocycles. The molecule has 5 nitrogen and oxygen atoms in total. The highest BCUT2D eigenvalue weighted by atomic mass is 16.5. The number of hydrogen-bond donors (Lipinski definition) is 1. The lowest BCUT2D eigenvalue weighted by Gasteiger charge is -2.18. The summed E-state index contributed by atoms with van der Waals surface area (Å²) in [6.45, 7) is 4.85. The molecule has 0 aliphatic rings. The molecule has 1 aromatic heterocycles. The first-order chi connectivity index (χ1) is 10.2. The molecule has 1 unspecified atom stereocenters. The van der Waals surface area contributed by atoms with Crippen LogP contribution < -0.4 is 14.8 Å². The van der Waals surface area contributed by atoms with Gasteiger partial charge in [0.05, 0.1) is 20.3 Å². The number of aromatic nitrogens is 2. The number of benzene rings is 1. The Bertz CT molecular complexity index is 585. The van der Waals surface area contributed by atoms with E-state index in [1.807, 2.05) is 37.5 Å². The van der Waals surface area contributed by atoms with Crippen molar-refractivity contribution in [3.05, 3.63) is 47.5 Å². The summed E-state index contributed by atoms with van der Waals surface area (Å²) in [5.41, 5.74) is 2.08. The van der Waals surface area contributed by atoms with E-state index >= 15 is 0 Å². The molecule has 0 amide bonds. The third-order valence-corrected chi connectivity index (χ3v) is 3.21. The van der Waals surface area contributed by atoms with Crippen LogP contribution in [0.25, 0.3) is 0 Å². The average molecular weight is 287 g/mol. The Morgan fingerprint density at radius 3 is 2.33 bits per heavy atom. The fraction of sp³-hybridized carbons (Fsp3) is 0.375. The van der Waals surface area contributed by atoms with Gasteiger partial charge in [0.15, 0.2) is 11.5 Å². The van der Waals surface area contributed by atoms with Crippen LogP contribution in [0.2, 0.25) is 0 Å². The second kappa shape index (κ2) is 7.04. The Balaban J connectivity index is 2.40. The van der Waals surface area contributed by atoms with Gasteiger partial charge in [-0.1, -0.05) is 13.0 Å². The molecule has 0 aliphatic carbocycles. The quantitative estimate of drug-likeness (QED) is 0.884. The first-order valence-corrected chi connectivity index (χ1v) is 6.93. The normalized spacial score (nSPS) is 12.0. The lowest BCUT2D eigenvalue weighted by atomic mass is 10.1. The highest BCUT2D eigenvalue weighted by molar-refractivity contribution is 5.44. The number of rotatable bonds is 6. The lowest BCUT2D eigenvalue weighted by Crippen LogP contribution is -2.24. The molecule has 2 aromatic rings. The molecule has 1 heterocycles. The van der Waals surface area contributed by atoms with Gasteiger partial charge in [-0.25, -0.2) is 9.97 Å². The van der Waals surface area contributed by atoms with Crippen LogP contribution in [-0.4, -0.2) is 30.7 Å². The van der Waals surface area contributed by atoms with Gasteiger partial charge in [-0.3, -0.25) is 0 Å². The number of methoxy groups -OCH3 is 2. The van der Waals surface area contributed by atoms with E-state index in [2.05, 4.69) is 22.2 Å². The molecule has 5 heteroatoms. The minimum absolute atomic E-state index is 0.0737. The molecule has 1 N–H and O–H groups in total. The first-order valence-electron chi connectivity index (χ1n) is 6.93. The Labute approximate surface area is 125 Å². The Hall–Kier alpha value is -2.14. The highest BCUT2D eigenvalue weighted by Gasteiger charge is 2.17. The summed E-state index contributed by atoms with van der Waals surface area (Å²) < 4.78 is 10.6. The molecule has 0 spiro atoms. The second-order valence-electron chi connectivity index (χ2n) is 4.72. The maximum atomic E-state index is 5.37. The summed E-state index contributed by atoms with van der Waals surface area (Å²) in [4.78, 5) is 8.85. The van der Waals surface area contributed by atoms with Crippen molar-refractivity contribution in [2.45, 2.75) is 19.9 Å². The van der Waals surface area contributed by atoms with Crippen molar-refractivity contribution >= 4 is 0 Å². The molecular formula is C16H21N3O2. The predicted molar refractivity (Wildman–Crippen MR) is 81.8 cm³/mol. The molecule has 0 bridgehead atoms. The van der Waals surface area contributed by atoms with E-state index in [9.17, 15) is 0 Å². The van der Waals surface area contributed by atoms with Crippen LogP contribution in [0, 0.1) is 6.92 Å². The number of ether oxygens (including phenoxy) is 2. The van der Waals surface area contributed by atoms with Crippen LogP contribution in [-0.2, 0) is 0 Å². The van der Waals surface area contributed by atoms with Crippen LogP contribution in [0.3, 0.4) is 0 Å². The van der Waals surface area contributed by atoms with Crippen molar-refractivity contribution < 1.29 is 9.47 Å². The maximum Gasteiger partial charge on any atom is 0.161 e. The Morgan fingerprint density at radius 1 is 1.10 bits per heavy atom. The molecule has 2 rings (SSSR count). The smallest absolute Gasteiger partial charge is 0.161 e. The van der Waals surface area contributed by atoms with E-state index in [1.54, 1.807) is 14.2 Å². The summed E-state index contributed by atoms with van der Waals surface area (Å²) in [5, 5.41) is 3.40. The van der Waals surface area contributed by atoms with Crippen LogP contribution in [0.4, 0.5) is 0 Å². The molecule has 0 radical (unpaired) electrons. The van der Waals surface area contributed by atoms with Crippen LogP contribution in [0.1, 0.15) is 29.9 Å². The van der Waals surface area contributed by atoms with Crippen molar-refractivity contribution in [3.63, 3.8) is 0 Å². The van der Waals surface area contributed by atoms with Crippen molar-refractivity contribution in [1.29, 1.82) is 0 Å². The van der Waals surface area contributed by atoms with Gasteiger partial charge in [0.1, 0.15) is 5.82 Å². The molecule has 21 heavy (non-hydrogen) atoms. The third-order valence-electron chi connectivity index (χ3n) is 3.21. The van der Waals surface area contributed by atoms with E-state index in [0.29, 0.717) is 11.5 Å². The van der Waals surface area contributed by atoms with Gasteiger partial charge in [0.2, 0.25) is 0 Å². The SMILES string of the molecule is CCNC(c1ccc(OC)c(OC)c1)c1ncc(C)cn1. The standard InChI is InChI=1S/C16H21N3O2/c1-5-17-15(16-18-9-11(2)10-19-16)12-6-7-13(20-3)14(8-12)21-4/h6-10,15,17H,5H2,1-4H3. The number of nitrogens with zero attached hydrogens (tertiary/aromatic N) is 2. The molecule has 0 fully saturated rings. The van der Waals surface area contributed by atoms with Crippen LogP contribution >= 0.6 is 0 Å². The van der Waals surface area contributed by atoms with Crippen molar-refractivity contribution in [2.75, 3.05) is 20.8 Å². The fourth-order valence-electron chi connectivity index (χ4n) is 2.15. The van der Waals surface area contributed by atoms with Crippen molar-refractivity contribution in [1.82, 2.24) is 15.3 Å². The largest absolute Gasteiger partial charge is 0.493 e. The molecule has 112 valence electrons. The van der Waals surface area contributed by atoms with E-state index < -0.39 is 0 Å². The number of aryl methyl sites for hydroxylation is 1. The molecular weight excluding hydrogens is 266 g/mol. The van der Waals surface area contributed by atoms with E-state index in [-0.39, 0.29) is 6.04 Å². The maximum absolute atomic E-state index is 5.37. The zero-order valence-corrected chi connectivity index (χ0v) is 12.9. The van der Waals surface area contributed by atoms with Crippen molar-refractivity contribution in [2.24, 2.45) is 0 Å². The summed E-state index contributed by atoms with van der Waals surface area (Å²) in [6.07, 6.45) is 3.65. The molecule has 0 aliphatic heterocycles. The molecule has 1 atom stereocenters. The topological polar surface area (TPSA) is 56.3 Å². The van der Waals surface area contributed by atoms with Gasteiger partial charge in [-0.2, -0.15) is 0 Å². The predicted octanol–water partition coefficient (Wildman–Crippen LogP) is 2.50. The number of hydrogen-bond acceptors (Lipinski definition) is 5. The third kappa shape index (κ3) is 3.49. The Morgan fingerprint density at radius 2 is 1.76 bits per heavy atom. The second-order valence-corrected chi connectivity index (χ2v) is 4.72. The van der Waals surface area contributed by atoms with Gasteiger partial charge >= 0.3 is 0 Å². The zero-order valence-electron chi connectivity index (χ0n) is 12.9. The minimum atomic E-state index is -0.0737. The van der Waals surface area contributed by atoms with Crippen LogP contribution in [0.15, 0.2) is 30.6 Å². The lowest BCUT2D eigenvalue weighted by molar-refractivity contribution is 0.354. The Kier molecular flexibility index (Phi) is 5.11. The van der Waals surface area contributed by atoms with E-state index in [0.717, 1.165) is 23.5 Å². The molecule has 0 saturated carbocycles. The fourth-order valence-corrected chi connectivity index (χ4v) is 2.15. The minimum Gasteiger partial charge on any atom is -0.493 e. The van der Waals surface area contributed by atoms with Gasteiger partial charge in [0, 0.05) is 12.4 Å². The van der Waals surface area contributed by atoms with E-state index in [1.165, 1.54) is 0 Å². The summed E-state index contributed by atoms with van der Waals surface area (Å²) >= 11 is 0. The molecule has 0 saturated heterocycles. The van der Waals surface area contributed by atoms with Gasteiger partial charge in [-0.15, -0.1) is 0 Å². The van der Waals surface area contributed by atoms with Gasteiger partial charge in [0.25, 0.3) is 0 Å². The average Bonchev–Trinajstić information content (AvgIpc) is 2.53. The monoisotopic (exact) mass is 287 g/mol. The zero-order chi connectivity index (χ0) is 15.2. The van der Waals surface area contributed by atoms with Crippen molar-refractivity contribution in [3.8, 4) is 11.5 Å². The first kappa shape index (κ1) is 15.3. The highest BCUT2D eigenvalue weighted by Crippen LogP contribution is 2.31. The van der Waals surface area contributed by atoms with E-state index in [4.69, 9.17) is 9.47 Å². The van der Waals surface area contributed by atoms with Gasteiger partial charge in [-0.05, 0) is 36.7 Å². The summed E-state index contributed by atoms with van der Waals surface area (Å²) in [5.74, 6) is 2.15. The number of nitrogens with one attached hydrogen (secondary N) is 1. The summed E-state index contributed by atoms with van der Waals surface area (Å²) in [6, 6.07) is 5.77.